The van der Waals surface area contributed by atoms with Crippen LogP contribution in [0.3, 0.4) is 0 Å². The zero-order chi connectivity index (χ0) is 14.6. The fourth-order valence-electron chi connectivity index (χ4n) is 3.43. The van der Waals surface area contributed by atoms with Gasteiger partial charge >= 0.3 is 0 Å². The first-order chi connectivity index (χ1) is 8.84. The van der Waals surface area contributed by atoms with Gasteiger partial charge in [0.05, 0.1) is 0 Å². The van der Waals surface area contributed by atoms with Crippen LogP contribution in [0.5, 0.6) is 0 Å². The predicted molar refractivity (Wildman–Crippen MR) is 85.6 cm³/mol. The molecule has 1 saturated heterocycles. The van der Waals surface area contributed by atoms with Gasteiger partial charge < -0.3 is 5.32 Å². The lowest BCUT2D eigenvalue weighted by Crippen LogP contribution is -2.64. The lowest BCUT2D eigenvalue weighted by atomic mass is 9.85. The maximum atomic E-state index is 3.79. The summed E-state index contributed by atoms with van der Waals surface area (Å²) in [6.45, 7) is 18.9. The zero-order valence-electron chi connectivity index (χ0n) is 14.3. The average molecular weight is 268 g/mol. The molecule has 0 radical (unpaired) electrons. The van der Waals surface area contributed by atoms with E-state index in [9.17, 15) is 0 Å². The molecule has 0 saturated carbocycles. The fourth-order valence-corrected chi connectivity index (χ4v) is 3.43. The second-order valence-corrected chi connectivity index (χ2v) is 7.40. The van der Waals surface area contributed by atoms with E-state index in [-0.39, 0.29) is 0 Å². The highest BCUT2D eigenvalue weighted by Gasteiger charge is 2.39. The maximum Gasteiger partial charge on any atom is 0.0249 e. The van der Waals surface area contributed by atoms with Crippen molar-refractivity contribution in [3.8, 4) is 0 Å². The van der Waals surface area contributed by atoms with Gasteiger partial charge in [0.15, 0.2) is 0 Å². The Hall–Kier alpha value is -0.0800. The van der Waals surface area contributed by atoms with Crippen LogP contribution in [-0.4, -0.2) is 35.6 Å². The van der Waals surface area contributed by atoms with Crippen molar-refractivity contribution >= 4 is 0 Å². The number of rotatable bonds is 6. The highest BCUT2D eigenvalue weighted by molar-refractivity contribution is 4.96. The summed E-state index contributed by atoms with van der Waals surface area (Å²) in [6, 6.07) is 1.36. The Bertz CT molecular complexity index is 256. The molecule has 2 nitrogen and oxygen atoms in total. The van der Waals surface area contributed by atoms with Gasteiger partial charge in [0.1, 0.15) is 0 Å². The van der Waals surface area contributed by atoms with E-state index in [1.165, 1.54) is 25.8 Å². The summed E-state index contributed by atoms with van der Waals surface area (Å²) < 4.78 is 0. The average Bonchev–Trinajstić information content (AvgIpc) is 2.36. The third-order valence-corrected chi connectivity index (χ3v) is 5.18. The normalized spacial score (nSPS) is 26.4. The van der Waals surface area contributed by atoms with Crippen molar-refractivity contribution in [1.29, 1.82) is 0 Å². The van der Waals surface area contributed by atoms with E-state index >= 15 is 0 Å². The molecule has 0 bridgehead atoms. The van der Waals surface area contributed by atoms with Gasteiger partial charge in [-0.2, -0.15) is 0 Å². The molecule has 1 aliphatic rings. The molecule has 2 unspecified atom stereocenters. The lowest BCUT2D eigenvalue weighted by Gasteiger charge is -2.52. The van der Waals surface area contributed by atoms with Crippen molar-refractivity contribution in [2.75, 3.05) is 13.1 Å². The van der Waals surface area contributed by atoms with Gasteiger partial charge in [0.25, 0.3) is 0 Å². The first-order valence-corrected chi connectivity index (χ1v) is 8.34. The molecule has 1 N–H and O–H groups in total. The summed E-state index contributed by atoms with van der Waals surface area (Å²) >= 11 is 0. The van der Waals surface area contributed by atoms with Gasteiger partial charge in [-0.1, -0.05) is 41.5 Å². The first-order valence-electron chi connectivity index (χ1n) is 8.34. The minimum absolute atomic E-state index is 0.367. The van der Waals surface area contributed by atoms with Crippen LogP contribution in [0.4, 0.5) is 0 Å². The molecule has 1 aliphatic heterocycles. The molecule has 1 fully saturated rings. The third-order valence-electron chi connectivity index (χ3n) is 5.18. The summed E-state index contributed by atoms with van der Waals surface area (Å²) in [5.41, 5.74) is 0.367. The van der Waals surface area contributed by atoms with Crippen LogP contribution in [0, 0.1) is 11.8 Å². The Labute approximate surface area is 121 Å². The van der Waals surface area contributed by atoms with Gasteiger partial charge in [-0.3, -0.25) is 4.90 Å². The van der Waals surface area contributed by atoms with Crippen LogP contribution in [0.2, 0.25) is 0 Å². The quantitative estimate of drug-likeness (QED) is 0.786. The van der Waals surface area contributed by atoms with Gasteiger partial charge in [-0.05, 0) is 38.0 Å². The number of nitrogens with one attached hydrogen (secondary N) is 1. The molecule has 2 heteroatoms. The molecule has 0 aromatic rings. The van der Waals surface area contributed by atoms with Crippen LogP contribution in [0.15, 0.2) is 0 Å². The van der Waals surface area contributed by atoms with Gasteiger partial charge in [0, 0.05) is 30.7 Å². The van der Waals surface area contributed by atoms with Crippen molar-refractivity contribution in [3.63, 3.8) is 0 Å². The maximum absolute atomic E-state index is 3.79. The standard InChI is InChI=1S/C17H36N2/c1-8-17(7,9-2)19-12-15(10-13(3)4)18-11-16(19)14(5)6/h13-16,18H,8-12H2,1-7H3. The van der Waals surface area contributed by atoms with Crippen LogP contribution in [-0.2, 0) is 0 Å². The van der Waals surface area contributed by atoms with Crippen LogP contribution in [0.1, 0.15) is 67.7 Å². The molecule has 19 heavy (non-hydrogen) atoms. The summed E-state index contributed by atoms with van der Waals surface area (Å²) in [5, 5.41) is 3.79. The smallest absolute Gasteiger partial charge is 0.0249 e. The van der Waals surface area contributed by atoms with Crippen LogP contribution in [0.25, 0.3) is 0 Å². The van der Waals surface area contributed by atoms with E-state index in [2.05, 4.69) is 58.7 Å². The Morgan fingerprint density at radius 3 is 2.16 bits per heavy atom. The monoisotopic (exact) mass is 268 g/mol. The van der Waals surface area contributed by atoms with Crippen molar-refractivity contribution < 1.29 is 0 Å². The van der Waals surface area contributed by atoms with Gasteiger partial charge in [-0.15, -0.1) is 0 Å². The fraction of sp³-hybridized carbons (Fsp3) is 1.00. The Kier molecular flexibility index (Phi) is 6.32. The van der Waals surface area contributed by atoms with E-state index in [0.29, 0.717) is 17.6 Å². The van der Waals surface area contributed by atoms with Crippen molar-refractivity contribution in [2.45, 2.75) is 85.4 Å². The number of nitrogens with zero attached hydrogens (tertiary/aromatic N) is 1. The molecule has 1 heterocycles. The molecule has 0 amide bonds. The largest absolute Gasteiger partial charge is 0.311 e. The highest BCUT2D eigenvalue weighted by Crippen LogP contribution is 2.31. The van der Waals surface area contributed by atoms with Gasteiger partial charge in [-0.25, -0.2) is 0 Å². The van der Waals surface area contributed by atoms with E-state index in [4.69, 9.17) is 0 Å². The SMILES string of the molecule is CCC(C)(CC)N1CC(CC(C)C)NCC1C(C)C. The minimum atomic E-state index is 0.367. The summed E-state index contributed by atoms with van der Waals surface area (Å²) in [4.78, 5) is 2.82. The number of hydrogen-bond donors (Lipinski definition) is 1. The number of hydrogen-bond acceptors (Lipinski definition) is 2. The van der Waals surface area contributed by atoms with E-state index < -0.39 is 0 Å². The molecular formula is C17H36N2. The van der Waals surface area contributed by atoms with Gasteiger partial charge in [0.2, 0.25) is 0 Å². The Balaban J connectivity index is 2.84. The molecule has 114 valence electrons. The minimum Gasteiger partial charge on any atom is -0.311 e. The summed E-state index contributed by atoms with van der Waals surface area (Å²) in [6.07, 6.45) is 3.80. The molecular weight excluding hydrogens is 232 g/mol. The molecule has 0 aliphatic carbocycles. The molecule has 0 aromatic carbocycles. The highest BCUT2D eigenvalue weighted by atomic mass is 15.3. The van der Waals surface area contributed by atoms with E-state index in [1.54, 1.807) is 0 Å². The van der Waals surface area contributed by atoms with Crippen molar-refractivity contribution in [3.05, 3.63) is 0 Å². The Morgan fingerprint density at radius 2 is 1.74 bits per heavy atom. The molecule has 2 atom stereocenters. The first kappa shape index (κ1) is 17.0. The molecule has 1 rings (SSSR count). The zero-order valence-corrected chi connectivity index (χ0v) is 14.3. The van der Waals surface area contributed by atoms with Crippen molar-refractivity contribution in [1.82, 2.24) is 10.2 Å². The predicted octanol–water partition coefficient (Wildman–Crippen LogP) is 3.91. The number of piperazine rings is 1. The molecule has 0 aromatic heterocycles. The third kappa shape index (κ3) is 4.19. The van der Waals surface area contributed by atoms with E-state index in [0.717, 1.165) is 18.4 Å². The summed E-state index contributed by atoms with van der Waals surface area (Å²) in [7, 11) is 0. The topological polar surface area (TPSA) is 15.3 Å². The Morgan fingerprint density at radius 1 is 1.16 bits per heavy atom. The van der Waals surface area contributed by atoms with Crippen LogP contribution < -0.4 is 5.32 Å². The second-order valence-electron chi connectivity index (χ2n) is 7.40. The molecule has 0 spiro atoms. The lowest BCUT2D eigenvalue weighted by molar-refractivity contribution is -0.00719. The van der Waals surface area contributed by atoms with E-state index in [1.807, 2.05) is 0 Å². The second kappa shape index (κ2) is 7.08. The van der Waals surface area contributed by atoms with Crippen molar-refractivity contribution in [2.24, 2.45) is 11.8 Å². The van der Waals surface area contributed by atoms with Crippen LogP contribution >= 0.6 is 0 Å². The summed E-state index contributed by atoms with van der Waals surface area (Å²) in [5.74, 6) is 1.51.